The van der Waals surface area contributed by atoms with E-state index in [1.807, 2.05) is 17.9 Å². The third-order valence-corrected chi connectivity index (χ3v) is 5.21. The van der Waals surface area contributed by atoms with Crippen molar-refractivity contribution in [2.45, 2.75) is 19.3 Å². The maximum absolute atomic E-state index is 5.23. The van der Waals surface area contributed by atoms with Gasteiger partial charge in [0.05, 0.1) is 18.5 Å². The standard InChI is InChI=1S/C16H28N4O/c1-19-11-15(9-18-19)17-8-13-4-3-5-14-10-20(6-7-21-2)12-16(13)14/h9,11,13-14,16-17H,3-8,10,12H2,1-2H3/t13-,14+,16+/m0/s1. The summed E-state index contributed by atoms with van der Waals surface area (Å²) >= 11 is 0. The van der Waals surface area contributed by atoms with Crippen molar-refractivity contribution in [2.75, 3.05) is 45.2 Å². The Balaban J connectivity index is 1.53. The molecule has 5 heteroatoms. The SMILES string of the molecule is COCCN1C[C@H]2CCC[C@@H](CNc3cnn(C)c3)[C@H]2C1. The molecular weight excluding hydrogens is 264 g/mol. The van der Waals surface area contributed by atoms with Gasteiger partial charge in [-0.2, -0.15) is 5.10 Å². The summed E-state index contributed by atoms with van der Waals surface area (Å²) in [4.78, 5) is 2.60. The first-order valence-electron chi connectivity index (χ1n) is 8.20. The molecule has 1 aromatic rings. The van der Waals surface area contributed by atoms with Crippen LogP contribution in [0.25, 0.3) is 0 Å². The van der Waals surface area contributed by atoms with Crippen LogP contribution < -0.4 is 5.32 Å². The molecule has 2 heterocycles. The molecule has 2 aliphatic rings. The minimum atomic E-state index is 0.802. The van der Waals surface area contributed by atoms with E-state index in [1.165, 1.54) is 32.4 Å². The van der Waals surface area contributed by atoms with E-state index in [0.29, 0.717) is 0 Å². The van der Waals surface area contributed by atoms with Crippen molar-refractivity contribution in [2.24, 2.45) is 24.8 Å². The van der Waals surface area contributed by atoms with E-state index in [0.717, 1.165) is 43.1 Å². The average Bonchev–Trinajstić information content (AvgIpc) is 3.08. The van der Waals surface area contributed by atoms with Crippen LogP contribution in [0.1, 0.15) is 19.3 Å². The van der Waals surface area contributed by atoms with Crippen LogP contribution >= 0.6 is 0 Å². The first kappa shape index (κ1) is 14.9. The number of hydrogen-bond acceptors (Lipinski definition) is 4. The zero-order valence-electron chi connectivity index (χ0n) is 13.3. The smallest absolute Gasteiger partial charge is 0.0726 e. The highest BCUT2D eigenvalue weighted by Crippen LogP contribution is 2.40. The summed E-state index contributed by atoms with van der Waals surface area (Å²) in [7, 11) is 3.76. The number of methoxy groups -OCH3 is 1. The van der Waals surface area contributed by atoms with E-state index in [-0.39, 0.29) is 0 Å². The predicted molar refractivity (Wildman–Crippen MR) is 84.3 cm³/mol. The monoisotopic (exact) mass is 292 g/mol. The van der Waals surface area contributed by atoms with Crippen LogP contribution in [0.4, 0.5) is 5.69 Å². The second kappa shape index (κ2) is 6.79. The number of anilines is 1. The summed E-state index contributed by atoms with van der Waals surface area (Å²) in [5.41, 5.74) is 1.15. The van der Waals surface area contributed by atoms with Crippen LogP contribution in [0.15, 0.2) is 12.4 Å². The third kappa shape index (κ3) is 3.58. The Hall–Kier alpha value is -1.07. The fourth-order valence-corrected chi connectivity index (χ4v) is 4.10. The van der Waals surface area contributed by atoms with Crippen molar-refractivity contribution in [3.05, 3.63) is 12.4 Å². The summed E-state index contributed by atoms with van der Waals surface area (Å²) in [6.07, 6.45) is 8.14. The third-order valence-electron chi connectivity index (χ3n) is 5.21. The largest absolute Gasteiger partial charge is 0.383 e. The summed E-state index contributed by atoms with van der Waals surface area (Å²) in [6, 6.07) is 0. The Bertz CT molecular complexity index is 447. The second-order valence-corrected chi connectivity index (χ2v) is 6.65. The summed E-state index contributed by atoms with van der Waals surface area (Å²) in [5.74, 6) is 2.56. The molecule has 3 atom stereocenters. The Kier molecular flexibility index (Phi) is 4.80. The number of aryl methyl sites for hydroxylation is 1. The van der Waals surface area contributed by atoms with Crippen molar-refractivity contribution >= 4 is 5.69 Å². The summed E-state index contributed by atoms with van der Waals surface area (Å²) in [5, 5.41) is 7.80. The van der Waals surface area contributed by atoms with Crippen LogP contribution in [-0.4, -0.2) is 54.6 Å². The van der Waals surface area contributed by atoms with Crippen LogP contribution in [0.3, 0.4) is 0 Å². The Morgan fingerprint density at radius 1 is 1.38 bits per heavy atom. The van der Waals surface area contributed by atoms with Gasteiger partial charge in [0.25, 0.3) is 0 Å². The molecule has 21 heavy (non-hydrogen) atoms. The molecule has 0 amide bonds. The zero-order valence-corrected chi connectivity index (χ0v) is 13.3. The van der Waals surface area contributed by atoms with E-state index in [2.05, 4.69) is 21.5 Å². The molecule has 0 bridgehead atoms. The molecule has 1 aliphatic heterocycles. The molecule has 0 radical (unpaired) electrons. The quantitative estimate of drug-likeness (QED) is 0.868. The van der Waals surface area contributed by atoms with Gasteiger partial charge in [0.1, 0.15) is 0 Å². The van der Waals surface area contributed by atoms with Crippen LogP contribution in [0.2, 0.25) is 0 Å². The van der Waals surface area contributed by atoms with Gasteiger partial charge in [-0.05, 0) is 30.6 Å². The summed E-state index contributed by atoms with van der Waals surface area (Å²) < 4.78 is 7.08. The fraction of sp³-hybridized carbons (Fsp3) is 0.812. The second-order valence-electron chi connectivity index (χ2n) is 6.65. The first-order chi connectivity index (χ1) is 10.3. The van der Waals surface area contributed by atoms with Gasteiger partial charge in [0.15, 0.2) is 0 Å². The number of aromatic nitrogens is 2. The summed E-state index contributed by atoms with van der Waals surface area (Å²) in [6.45, 7) is 5.57. The van der Waals surface area contributed by atoms with Gasteiger partial charge in [-0.3, -0.25) is 4.68 Å². The van der Waals surface area contributed by atoms with E-state index >= 15 is 0 Å². The predicted octanol–water partition coefficient (Wildman–Crippen LogP) is 1.83. The van der Waals surface area contributed by atoms with E-state index in [9.17, 15) is 0 Å². The van der Waals surface area contributed by atoms with E-state index in [4.69, 9.17) is 4.74 Å². The molecule has 0 unspecified atom stereocenters. The Labute approximate surface area is 127 Å². The van der Waals surface area contributed by atoms with Gasteiger partial charge in [-0.25, -0.2) is 0 Å². The lowest BCUT2D eigenvalue weighted by molar-refractivity contribution is 0.156. The Morgan fingerprint density at radius 3 is 3.05 bits per heavy atom. The molecule has 1 aromatic heterocycles. The maximum Gasteiger partial charge on any atom is 0.0726 e. The van der Waals surface area contributed by atoms with Crippen molar-refractivity contribution in [3.8, 4) is 0 Å². The molecule has 1 aliphatic carbocycles. The van der Waals surface area contributed by atoms with Gasteiger partial charge in [-0.1, -0.05) is 6.42 Å². The molecule has 2 fully saturated rings. The number of fused-ring (bicyclic) bond motifs is 1. The van der Waals surface area contributed by atoms with Crippen LogP contribution in [0, 0.1) is 17.8 Å². The average molecular weight is 292 g/mol. The van der Waals surface area contributed by atoms with Gasteiger partial charge in [-0.15, -0.1) is 0 Å². The van der Waals surface area contributed by atoms with Crippen molar-refractivity contribution in [1.82, 2.24) is 14.7 Å². The van der Waals surface area contributed by atoms with Crippen LogP contribution in [0.5, 0.6) is 0 Å². The van der Waals surface area contributed by atoms with Crippen molar-refractivity contribution < 1.29 is 4.74 Å². The lowest BCUT2D eigenvalue weighted by atomic mass is 9.74. The number of rotatable bonds is 6. The molecule has 0 spiro atoms. The van der Waals surface area contributed by atoms with E-state index < -0.39 is 0 Å². The number of nitrogens with zero attached hydrogens (tertiary/aromatic N) is 3. The topological polar surface area (TPSA) is 42.3 Å². The highest BCUT2D eigenvalue weighted by Gasteiger charge is 2.39. The molecule has 1 saturated heterocycles. The normalized spacial score (nSPS) is 29.5. The number of likely N-dealkylation sites (tertiary alicyclic amines) is 1. The fourth-order valence-electron chi connectivity index (χ4n) is 4.10. The van der Waals surface area contributed by atoms with Gasteiger partial charge in [0, 0.05) is 46.5 Å². The molecule has 118 valence electrons. The van der Waals surface area contributed by atoms with Gasteiger partial charge in [0.2, 0.25) is 0 Å². The lowest BCUT2D eigenvalue weighted by Crippen LogP contribution is -2.32. The van der Waals surface area contributed by atoms with Gasteiger partial charge < -0.3 is 15.0 Å². The molecule has 3 rings (SSSR count). The minimum Gasteiger partial charge on any atom is -0.383 e. The number of hydrogen-bond donors (Lipinski definition) is 1. The number of nitrogens with one attached hydrogen (secondary N) is 1. The van der Waals surface area contributed by atoms with Crippen molar-refractivity contribution in [1.29, 1.82) is 0 Å². The van der Waals surface area contributed by atoms with Crippen molar-refractivity contribution in [3.63, 3.8) is 0 Å². The zero-order chi connectivity index (χ0) is 14.7. The van der Waals surface area contributed by atoms with Gasteiger partial charge >= 0.3 is 0 Å². The molecule has 5 nitrogen and oxygen atoms in total. The highest BCUT2D eigenvalue weighted by atomic mass is 16.5. The molecule has 1 saturated carbocycles. The molecule has 1 N–H and O–H groups in total. The minimum absolute atomic E-state index is 0.802. The lowest BCUT2D eigenvalue weighted by Gasteiger charge is -2.33. The van der Waals surface area contributed by atoms with E-state index in [1.54, 1.807) is 7.11 Å². The molecule has 0 aromatic carbocycles. The first-order valence-corrected chi connectivity index (χ1v) is 8.20. The maximum atomic E-state index is 5.23. The van der Waals surface area contributed by atoms with Crippen LogP contribution in [-0.2, 0) is 11.8 Å². The Morgan fingerprint density at radius 2 is 2.29 bits per heavy atom. The highest BCUT2D eigenvalue weighted by molar-refractivity contribution is 5.38. The molecular formula is C16H28N4O. The number of ether oxygens (including phenoxy) is 1.